The van der Waals surface area contributed by atoms with Gasteiger partial charge in [0.25, 0.3) is 0 Å². The number of nitroso groups, excluding NO2 is 1. The van der Waals surface area contributed by atoms with Crippen LogP contribution in [0.1, 0.15) is 16.8 Å². The first kappa shape index (κ1) is 11.0. The molecule has 0 saturated heterocycles. The Labute approximate surface area is 98.3 Å². The summed E-state index contributed by atoms with van der Waals surface area (Å²) in [6.07, 6.45) is 1.55. The third-order valence-electron chi connectivity index (χ3n) is 2.70. The minimum absolute atomic E-state index is 0.388. The number of benzene rings is 1. The average molecular weight is 227 g/mol. The van der Waals surface area contributed by atoms with E-state index in [4.69, 9.17) is 5.26 Å². The second-order valence-corrected chi connectivity index (χ2v) is 3.69. The number of rotatable bonds is 3. The van der Waals surface area contributed by atoms with E-state index in [9.17, 15) is 4.91 Å². The van der Waals surface area contributed by atoms with E-state index in [1.165, 1.54) is 0 Å². The molecule has 0 amide bonds. The molecular weight excluding hydrogens is 216 g/mol. The van der Waals surface area contributed by atoms with Crippen LogP contribution in [0.4, 0.5) is 5.69 Å². The Morgan fingerprint density at radius 2 is 2.24 bits per heavy atom. The number of H-pyrrole nitrogens is 1. The van der Waals surface area contributed by atoms with E-state index in [-0.39, 0.29) is 0 Å². The molecule has 1 heterocycles. The number of hydrogen-bond acceptors (Lipinski definition) is 3. The summed E-state index contributed by atoms with van der Waals surface area (Å²) in [7, 11) is 0. The molecule has 0 aliphatic carbocycles. The summed E-state index contributed by atoms with van der Waals surface area (Å²) in [5.74, 6) is 0. The number of nitrogens with zero attached hydrogens (tertiary/aromatic N) is 3. The standard InChI is InChI=1S/C12H10N4O/c1-9-12(15-17)7-14-16(9)8-11-5-3-2-4-10(11)6-13/h2-5,7H,8H2,1H3/p+1. The van der Waals surface area contributed by atoms with E-state index in [1.54, 1.807) is 16.9 Å². The molecule has 0 aliphatic heterocycles. The van der Waals surface area contributed by atoms with Crippen molar-refractivity contribution in [3.05, 3.63) is 52.2 Å². The van der Waals surface area contributed by atoms with Gasteiger partial charge in [0.2, 0.25) is 5.69 Å². The molecule has 1 N–H and O–H groups in total. The lowest BCUT2D eigenvalue weighted by Crippen LogP contribution is -2.38. The van der Waals surface area contributed by atoms with Crippen LogP contribution in [-0.4, -0.2) is 5.10 Å². The van der Waals surface area contributed by atoms with Crippen molar-refractivity contribution in [1.29, 1.82) is 5.26 Å². The summed E-state index contributed by atoms with van der Waals surface area (Å²) in [6.45, 7) is 2.33. The first-order chi connectivity index (χ1) is 8.26. The number of nitrogens with one attached hydrogen (secondary N) is 1. The van der Waals surface area contributed by atoms with Gasteiger partial charge < -0.3 is 0 Å². The van der Waals surface area contributed by atoms with Crippen LogP contribution >= 0.6 is 0 Å². The summed E-state index contributed by atoms with van der Waals surface area (Å²) in [5, 5.41) is 14.8. The maximum Gasteiger partial charge on any atom is 0.234 e. The first-order valence-corrected chi connectivity index (χ1v) is 5.15. The molecule has 0 radical (unpaired) electrons. The smallest absolute Gasteiger partial charge is 0.192 e. The van der Waals surface area contributed by atoms with Gasteiger partial charge in [0, 0.05) is 12.5 Å². The van der Waals surface area contributed by atoms with Gasteiger partial charge in [-0.1, -0.05) is 18.2 Å². The number of aromatic amines is 1. The van der Waals surface area contributed by atoms with Gasteiger partial charge in [-0.05, 0) is 11.2 Å². The summed E-state index contributed by atoms with van der Waals surface area (Å²) < 4.78 is 1.78. The van der Waals surface area contributed by atoms with Gasteiger partial charge in [0.15, 0.2) is 12.2 Å². The summed E-state index contributed by atoms with van der Waals surface area (Å²) in [6, 6.07) is 9.51. The highest BCUT2D eigenvalue weighted by Gasteiger charge is 2.17. The highest BCUT2D eigenvalue weighted by molar-refractivity contribution is 5.37. The molecule has 84 valence electrons. The molecule has 0 unspecified atom stereocenters. The predicted octanol–water partition coefficient (Wildman–Crippen LogP) is 1.93. The molecule has 0 spiro atoms. The molecule has 0 atom stereocenters. The fraction of sp³-hybridized carbons (Fsp3) is 0.167. The largest absolute Gasteiger partial charge is 0.234 e. The second-order valence-electron chi connectivity index (χ2n) is 3.69. The van der Waals surface area contributed by atoms with Gasteiger partial charge >= 0.3 is 0 Å². The van der Waals surface area contributed by atoms with Crippen molar-refractivity contribution in [3.8, 4) is 6.07 Å². The second kappa shape index (κ2) is 4.58. The van der Waals surface area contributed by atoms with Gasteiger partial charge in [0.1, 0.15) is 0 Å². The van der Waals surface area contributed by atoms with Crippen LogP contribution in [0.25, 0.3) is 0 Å². The van der Waals surface area contributed by atoms with E-state index in [0.717, 1.165) is 11.3 Å². The van der Waals surface area contributed by atoms with E-state index in [1.807, 2.05) is 25.1 Å². The SMILES string of the molecule is Cc1c(N=O)c[nH][n+]1Cc1ccccc1C#N. The Hall–Kier alpha value is -2.48. The molecule has 5 nitrogen and oxygen atoms in total. The summed E-state index contributed by atoms with van der Waals surface area (Å²) in [4.78, 5) is 10.5. The average Bonchev–Trinajstić information content (AvgIpc) is 2.71. The zero-order valence-corrected chi connectivity index (χ0v) is 9.34. The van der Waals surface area contributed by atoms with Crippen LogP contribution in [0.2, 0.25) is 0 Å². The molecule has 0 bridgehead atoms. The van der Waals surface area contributed by atoms with E-state index in [2.05, 4.69) is 16.3 Å². The van der Waals surface area contributed by atoms with Crippen LogP contribution in [0.15, 0.2) is 35.6 Å². The van der Waals surface area contributed by atoms with Crippen LogP contribution in [0, 0.1) is 23.2 Å². The van der Waals surface area contributed by atoms with Crippen molar-refractivity contribution in [1.82, 2.24) is 5.10 Å². The van der Waals surface area contributed by atoms with Gasteiger partial charge in [-0.15, -0.1) is 9.59 Å². The maximum absolute atomic E-state index is 10.5. The van der Waals surface area contributed by atoms with Gasteiger partial charge in [0.05, 0.1) is 17.8 Å². The molecule has 1 aromatic carbocycles. The Kier molecular flexibility index (Phi) is 2.97. The Balaban J connectivity index is 2.35. The van der Waals surface area contributed by atoms with Crippen molar-refractivity contribution < 1.29 is 4.68 Å². The molecule has 0 aliphatic rings. The first-order valence-electron chi connectivity index (χ1n) is 5.15. The lowest BCUT2D eigenvalue weighted by molar-refractivity contribution is -0.747. The number of aromatic nitrogens is 2. The van der Waals surface area contributed by atoms with Crippen molar-refractivity contribution >= 4 is 5.69 Å². The molecule has 0 saturated carbocycles. The quantitative estimate of drug-likeness (QED) is 0.642. The predicted molar refractivity (Wildman–Crippen MR) is 61.4 cm³/mol. The molecular formula is C12H11N4O+. The van der Waals surface area contributed by atoms with Crippen molar-refractivity contribution in [3.63, 3.8) is 0 Å². The normalized spacial score (nSPS) is 9.88. The lowest BCUT2D eigenvalue weighted by Gasteiger charge is -1.98. The molecule has 0 fully saturated rings. The van der Waals surface area contributed by atoms with E-state index in [0.29, 0.717) is 17.8 Å². The number of hydrogen-bond donors (Lipinski definition) is 1. The van der Waals surface area contributed by atoms with Crippen molar-refractivity contribution in [2.24, 2.45) is 5.18 Å². The molecule has 5 heteroatoms. The fourth-order valence-corrected chi connectivity index (χ4v) is 1.67. The van der Waals surface area contributed by atoms with E-state index < -0.39 is 0 Å². The van der Waals surface area contributed by atoms with Gasteiger partial charge in [-0.2, -0.15) is 10.4 Å². The minimum atomic E-state index is 0.388. The zero-order valence-electron chi connectivity index (χ0n) is 9.34. The Morgan fingerprint density at radius 3 is 2.88 bits per heavy atom. The van der Waals surface area contributed by atoms with Crippen LogP contribution in [-0.2, 0) is 6.54 Å². The van der Waals surface area contributed by atoms with Gasteiger partial charge in [-0.3, -0.25) is 0 Å². The van der Waals surface area contributed by atoms with Crippen LogP contribution in [0.3, 0.4) is 0 Å². The molecule has 1 aromatic heterocycles. The fourth-order valence-electron chi connectivity index (χ4n) is 1.67. The minimum Gasteiger partial charge on any atom is -0.192 e. The Bertz CT molecular complexity index is 595. The monoisotopic (exact) mass is 227 g/mol. The molecule has 17 heavy (non-hydrogen) atoms. The number of nitriles is 1. The topological polar surface area (TPSA) is 72.9 Å². The van der Waals surface area contributed by atoms with Crippen molar-refractivity contribution in [2.75, 3.05) is 0 Å². The molecule has 2 rings (SSSR count). The third kappa shape index (κ3) is 2.06. The maximum atomic E-state index is 10.5. The molecule has 2 aromatic rings. The summed E-state index contributed by atoms with van der Waals surface area (Å²) >= 11 is 0. The highest BCUT2D eigenvalue weighted by atomic mass is 16.3. The third-order valence-corrected chi connectivity index (χ3v) is 2.70. The van der Waals surface area contributed by atoms with Gasteiger partial charge in [-0.25, -0.2) is 0 Å². The van der Waals surface area contributed by atoms with Crippen molar-refractivity contribution in [2.45, 2.75) is 13.5 Å². The van der Waals surface area contributed by atoms with Crippen LogP contribution < -0.4 is 4.68 Å². The summed E-state index contributed by atoms with van der Waals surface area (Å²) in [5.41, 5.74) is 2.68. The Morgan fingerprint density at radius 1 is 1.47 bits per heavy atom. The lowest BCUT2D eigenvalue weighted by atomic mass is 10.1. The zero-order chi connectivity index (χ0) is 12.3. The van der Waals surface area contributed by atoms with Crippen LogP contribution in [0.5, 0.6) is 0 Å². The van der Waals surface area contributed by atoms with E-state index >= 15 is 0 Å². The highest BCUT2D eigenvalue weighted by Crippen LogP contribution is 2.13.